The first-order valence-electron chi connectivity index (χ1n) is 4.91. The topological polar surface area (TPSA) is 38.8 Å². The smallest absolute Gasteiger partial charge is 0.332 e. The number of nitrogens with zero attached hydrogens (tertiary/aromatic N) is 1. The standard InChI is InChI=1S/C10H17NO3/c1-3-14-10(12)8-9(2)11-4-6-13-7-5-11/h8H,3-7H2,1-2H3/b9-8+. The molecule has 0 unspecified atom stereocenters. The van der Waals surface area contributed by atoms with Crippen molar-refractivity contribution in [2.75, 3.05) is 32.9 Å². The Hall–Kier alpha value is -1.03. The van der Waals surface area contributed by atoms with Crippen molar-refractivity contribution in [3.63, 3.8) is 0 Å². The quantitative estimate of drug-likeness (QED) is 0.497. The fourth-order valence-corrected chi connectivity index (χ4v) is 1.36. The minimum absolute atomic E-state index is 0.267. The molecule has 1 aliphatic heterocycles. The van der Waals surface area contributed by atoms with Crippen molar-refractivity contribution in [2.24, 2.45) is 0 Å². The van der Waals surface area contributed by atoms with Crippen LogP contribution in [0.25, 0.3) is 0 Å². The maximum absolute atomic E-state index is 11.1. The molecule has 80 valence electrons. The van der Waals surface area contributed by atoms with E-state index in [9.17, 15) is 4.79 Å². The first-order valence-corrected chi connectivity index (χ1v) is 4.91. The van der Waals surface area contributed by atoms with Crippen LogP contribution in [-0.4, -0.2) is 43.8 Å². The van der Waals surface area contributed by atoms with Gasteiger partial charge in [-0.3, -0.25) is 0 Å². The van der Waals surface area contributed by atoms with Gasteiger partial charge in [0.25, 0.3) is 0 Å². The van der Waals surface area contributed by atoms with E-state index in [0.29, 0.717) is 6.61 Å². The zero-order valence-corrected chi connectivity index (χ0v) is 8.78. The Labute approximate surface area is 84.5 Å². The molecule has 1 saturated heterocycles. The molecule has 14 heavy (non-hydrogen) atoms. The highest BCUT2D eigenvalue weighted by Crippen LogP contribution is 2.06. The summed E-state index contributed by atoms with van der Waals surface area (Å²) in [5, 5.41) is 0. The Morgan fingerprint density at radius 3 is 2.71 bits per heavy atom. The van der Waals surface area contributed by atoms with Gasteiger partial charge < -0.3 is 14.4 Å². The van der Waals surface area contributed by atoms with Crippen LogP contribution in [0.5, 0.6) is 0 Å². The minimum Gasteiger partial charge on any atom is -0.463 e. The van der Waals surface area contributed by atoms with Crippen LogP contribution < -0.4 is 0 Å². The zero-order chi connectivity index (χ0) is 10.4. The molecule has 1 aliphatic rings. The molecule has 0 saturated carbocycles. The van der Waals surface area contributed by atoms with E-state index in [1.54, 1.807) is 6.92 Å². The van der Waals surface area contributed by atoms with Crippen molar-refractivity contribution >= 4 is 5.97 Å². The Balaban J connectivity index is 2.44. The van der Waals surface area contributed by atoms with E-state index in [0.717, 1.165) is 32.0 Å². The van der Waals surface area contributed by atoms with E-state index in [1.165, 1.54) is 6.08 Å². The molecule has 0 N–H and O–H groups in total. The number of ether oxygens (including phenoxy) is 2. The molecule has 1 rings (SSSR count). The van der Waals surface area contributed by atoms with E-state index in [-0.39, 0.29) is 5.97 Å². The average Bonchev–Trinajstić information content (AvgIpc) is 2.19. The van der Waals surface area contributed by atoms with Gasteiger partial charge in [0.05, 0.1) is 19.8 Å². The van der Waals surface area contributed by atoms with Gasteiger partial charge in [0, 0.05) is 24.9 Å². The SMILES string of the molecule is CCOC(=O)/C=C(\C)N1CCOCC1. The molecule has 0 aromatic carbocycles. The summed E-state index contributed by atoms with van der Waals surface area (Å²) in [7, 11) is 0. The van der Waals surface area contributed by atoms with Crippen molar-refractivity contribution in [1.82, 2.24) is 4.90 Å². The van der Waals surface area contributed by atoms with Crippen molar-refractivity contribution in [1.29, 1.82) is 0 Å². The molecular weight excluding hydrogens is 182 g/mol. The number of hydrogen-bond acceptors (Lipinski definition) is 4. The summed E-state index contributed by atoms with van der Waals surface area (Å²) in [5.74, 6) is -0.267. The third-order valence-electron chi connectivity index (χ3n) is 2.12. The van der Waals surface area contributed by atoms with Gasteiger partial charge in [-0.05, 0) is 13.8 Å². The number of rotatable bonds is 3. The summed E-state index contributed by atoms with van der Waals surface area (Å²) in [5.41, 5.74) is 0.951. The Bertz CT molecular complexity index is 219. The molecule has 1 heterocycles. The Kier molecular flexibility index (Phi) is 4.46. The van der Waals surface area contributed by atoms with E-state index < -0.39 is 0 Å². The largest absolute Gasteiger partial charge is 0.463 e. The highest BCUT2D eigenvalue weighted by Gasteiger charge is 2.11. The van der Waals surface area contributed by atoms with Gasteiger partial charge in [0.15, 0.2) is 0 Å². The third-order valence-corrected chi connectivity index (χ3v) is 2.12. The summed E-state index contributed by atoms with van der Waals surface area (Å²) in [6.45, 7) is 7.30. The number of esters is 1. The van der Waals surface area contributed by atoms with E-state index in [2.05, 4.69) is 4.90 Å². The van der Waals surface area contributed by atoms with Crippen LogP contribution in [0.3, 0.4) is 0 Å². The maximum atomic E-state index is 11.1. The monoisotopic (exact) mass is 199 g/mol. The van der Waals surface area contributed by atoms with Crippen LogP contribution in [0.1, 0.15) is 13.8 Å². The Morgan fingerprint density at radius 1 is 1.50 bits per heavy atom. The van der Waals surface area contributed by atoms with Crippen molar-refractivity contribution in [3.05, 3.63) is 11.8 Å². The van der Waals surface area contributed by atoms with Gasteiger partial charge in [-0.1, -0.05) is 0 Å². The summed E-state index contributed by atoms with van der Waals surface area (Å²) in [6.07, 6.45) is 1.54. The van der Waals surface area contributed by atoms with Crippen LogP contribution in [0.4, 0.5) is 0 Å². The van der Waals surface area contributed by atoms with Crippen molar-refractivity contribution in [3.8, 4) is 0 Å². The lowest BCUT2D eigenvalue weighted by atomic mass is 10.3. The molecule has 1 fully saturated rings. The van der Waals surface area contributed by atoms with Gasteiger partial charge in [-0.2, -0.15) is 0 Å². The minimum atomic E-state index is -0.267. The maximum Gasteiger partial charge on any atom is 0.332 e. The number of hydrogen-bond donors (Lipinski definition) is 0. The Morgan fingerprint density at radius 2 is 2.14 bits per heavy atom. The second-order valence-corrected chi connectivity index (χ2v) is 3.14. The van der Waals surface area contributed by atoms with Gasteiger partial charge in [-0.25, -0.2) is 4.79 Å². The van der Waals surface area contributed by atoms with Gasteiger partial charge in [0.2, 0.25) is 0 Å². The van der Waals surface area contributed by atoms with E-state index in [1.807, 2.05) is 6.92 Å². The van der Waals surface area contributed by atoms with E-state index >= 15 is 0 Å². The molecule has 0 amide bonds. The number of allylic oxidation sites excluding steroid dienone is 1. The fraction of sp³-hybridized carbons (Fsp3) is 0.700. The predicted octanol–water partition coefficient (Wildman–Crippen LogP) is 0.786. The molecular formula is C10H17NO3. The molecule has 0 aromatic heterocycles. The summed E-state index contributed by atoms with van der Waals surface area (Å²) >= 11 is 0. The van der Waals surface area contributed by atoms with Crippen molar-refractivity contribution < 1.29 is 14.3 Å². The molecule has 0 aromatic rings. The molecule has 4 heteroatoms. The molecule has 4 nitrogen and oxygen atoms in total. The van der Waals surface area contributed by atoms with Crippen LogP contribution in [-0.2, 0) is 14.3 Å². The van der Waals surface area contributed by atoms with Crippen molar-refractivity contribution in [2.45, 2.75) is 13.8 Å². The lowest BCUT2D eigenvalue weighted by Crippen LogP contribution is -2.35. The van der Waals surface area contributed by atoms with Gasteiger partial charge >= 0.3 is 5.97 Å². The van der Waals surface area contributed by atoms with Crippen LogP contribution in [0.15, 0.2) is 11.8 Å². The highest BCUT2D eigenvalue weighted by molar-refractivity contribution is 5.82. The fourth-order valence-electron chi connectivity index (χ4n) is 1.36. The highest BCUT2D eigenvalue weighted by atomic mass is 16.5. The summed E-state index contributed by atoms with van der Waals surface area (Å²) < 4.78 is 10.0. The number of morpholine rings is 1. The molecule has 0 aliphatic carbocycles. The number of carbonyl (C=O) groups excluding carboxylic acids is 1. The van der Waals surface area contributed by atoms with Gasteiger partial charge in [0.1, 0.15) is 0 Å². The summed E-state index contributed by atoms with van der Waals surface area (Å²) in [6, 6.07) is 0. The van der Waals surface area contributed by atoms with Crippen LogP contribution in [0, 0.1) is 0 Å². The molecule has 0 spiro atoms. The zero-order valence-electron chi connectivity index (χ0n) is 8.78. The second kappa shape index (κ2) is 5.65. The number of carbonyl (C=O) groups is 1. The van der Waals surface area contributed by atoms with Crippen LogP contribution in [0.2, 0.25) is 0 Å². The average molecular weight is 199 g/mol. The first-order chi connectivity index (χ1) is 6.74. The van der Waals surface area contributed by atoms with E-state index in [4.69, 9.17) is 9.47 Å². The van der Waals surface area contributed by atoms with Crippen LogP contribution >= 0.6 is 0 Å². The predicted molar refractivity (Wildman–Crippen MR) is 52.8 cm³/mol. The molecule has 0 bridgehead atoms. The lowest BCUT2D eigenvalue weighted by molar-refractivity contribution is -0.137. The summed E-state index contributed by atoms with van der Waals surface area (Å²) in [4.78, 5) is 13.3. The molecule has 0 radical (unpaired) electrons. The van der Waals surface area contributed by atoms with Gasteiger partial charge in [-0.15, -0.1) is 0 Å². The second-order valence-electron chi connectivity index (χ2n) is 3.14. The normalized spacial score (nSPS) is 18.1. The third kappa shape index (κ3) is 3.38. The first kappa shape index (κ1) is 11.0. The lowest BCUT2D eigenvalue weighted by Gasteiger charge is -2.29. The molecule has 0 atom stereocenters.